The van der Waals surface area contributed by atoms with Gasteiger partial charge in [-0.15, -0.1) is 0 Å². The van der Waals surface area contributed by atoms with E-state index in [1.807, 2.05) is 6.92 Å². The van der Waals surface area contributed by atoms with Gasteiger partial charge in [0.25, 0.3) is 0 Å². The molecule has 1 aliphatic carbocycles. The number of hydrogen-bond acceptors (Lipinski definition) is 2. The molecule has 0 atom stereocenters. The number of carbonyl (C=O) groups excluding carboxylic acids is 1. The molecule has 0 heterocycles. The third-order valence-electron chi connectivity index (χ3n) is 4.64. The molecule has 0 unspecified atom stereocenters. The summed E-state index contributed by atoms with van der Waals surface area (Å²) in [5.41, 5.74) is 0. The quantitative estimate of drug-likeness (QED) is 0.571. The molecule has 2 heteroatoms. The van der Waals surface area contributed by atoms with E-state index in [0.717, 1.165) is 37.4 Å². The van der Waals surface area contributed by atoms with Crippen molar-refractivity contribution in [1.29, 1.82) is 0 Å². The maximum atomic E-state index is 11.1. The van der Waals surface area contributed by atoms with Crippen molar-refractivity contribution in [3.63, 3.8) is 0 Å². The summed E-state index contributed by atoms with van der Waals surface area (Å²) in [7, 11) is 0. The number of ketones is 1. The standard InChI is InChI=1S/C17H32O2/c1-4-17(18)6-5-12-19-13-11-15-7-9-16(10-8-15)14(2)3/h14-16H,4-13H2,1-3H3. The highest BCUT2D eigenvalue weighted by atomic mass is 16.5. The summed E-state index contributed by atoms with van der Waals surface area (Å²) in [6.45, 7) is 8.28. The Balaban J connectivity index is 1.95. The first-order chi connectivity index (χ1) is 9.13. The first-order valence-corrected chi connectivity index (χ1v) is 8.22. The van der Waals surface area contributed by atoms with E-state index in [1.165, 1.54) is 32.1 Å². The van der Waals surface area contributed by atoms with Gasteiger partial charge in [-0.1, -0.05) is 33.6 Å². The van der Waals surface area contributed by atoms with Crippen LogP contribution in [0.5, 0.6) is 0 Å². The van der Waals surface area contributed by atoms with Gasteiger partial charge in [-0.25, -0.2) is 0 Å². The Morgan fingerprint density at radius 3 is 2.42 bits per heavy atom. The molecular formula is C17H32O2. The second kappa shape index (κ2) is 9.52. The first-order valence-electron chi connectivity index (χ1n) is 8.22. The lowest BCUT2D eigenvalue weighted by atomic mass is 9.76. The molecule has 0 aromatic carbocycles. The molecule has 0 amide bonds. The summed E-state index contributed by atoms with van der Waals surface area (Å²) in [5.74, 6) is 3.05. The van der Waals surface area contributed by atoms with Gasteiger partial charge in [0.15, 0.2) is 0 Å². The first kappa shape index (κ1) is 16.7. The smallest absolute Gasteiger partial charge is 0.132 e. The van der Waals surface area contributed by atoms with Gasteiger partial charge in [0.05, 0.1) is 0 Å². The average Bonchev–Trinajstić information content (AvgIpc) is 2.42. The number of rotatable bonds is 9. The molecule has 0 radical (unpaired) electrons. The molecule has 1 fully saturated rings. The van der Waals surface area contributed by atoms with E-state index in [0.29, 0.717) is 18.6 Å². The zero-order valence-electron chi connectivity index (χ0n) is 13.1. The predicted molar refractivity (Wildman–Crippen MR) is 80.3 cm³/mol. The molecule has 0 aromatic rings. The van der Waals surface area contributed by atoms with E-state index in [4.69, 9.17) is 4.74 Å². The molecule has 1 aliphatic rings. The maximum absolute atomic E-state index is 11.1. The van der Waals surface area contributed by atoms with Crippen molar-refractivity contribution in [3.05, 3.63) is 0 Å². The lowest BCUT2D eigenvalue weighted by Gasteiger charge is -2.30. The van der Waals surface area contributed by atoms with E-state index in [9.17, 15) is 4.79 Å². The van der Waals surface area contributed by atoms with Crippen LogP contribution in [0.15, 0.2) is 0 Å². The molecule has 19 heavy (non-hydrogen) atoms. The summed E-state index contributed by atoms with van der Waals surface area (Å²) in [6, 6.07) is 0. The van der Waals surface area contributed by atoms with Crippen molar-refractivity contribution in [2.75, 3.05) is 13.2 Å². The summed E-state index contributed by atoms with van der Waals surface area (Å²) in [6.07, 6.45) is 9.07. The molecule has 112 valence electrons. The minimum atomic E-state index is 0.357. The minimum absolute atomic E-state index is 0.357. The van der Waals surface area contributed by atoms with Crippen LogP contribution in [-0.2, 0) is 9.53 Å². The van der Waals surface area contributed by atoms with Crippen molar-refractivity contribution in [3.8, 4) is 0 Å². The van der Waals surface area contributed by atoms with Crippen LogP contribution in [0.25, 0.3) is 0 Å². The zero-order valence-corrected chi connectivity index (χ0v) is 13.1. The molecular weight excluding hydrogens is 236 g/mol. The van der Waals surface area contributed by atoms with Gasteiger partial charge < -0.3 is 4.74 Å². The van der Waals surface area contributed by atoms with Gasteiger partial charge in [0, 0.05) is 26.1 Å². The Labute approximate surface area is 119 Å². The zero-order chi connectivity index (χ0) is 14.1. The summed E-state index contributed by atoms with van der Waals surface area (Å²) in [4.78, 5) is 11.1. The van der Waals surface area contributed by atoms with Gasteiger partial charge in [-0.2, -0.15) is 0 Å². The monoisotopic (exact) mass is 268 g/mol. The Morgan fingerprint density at radius 2 is 1.84 bits per heavy atom. The lowest BCUT2D eigenvalue weighted by Crippen LogP contribution is -2.19. The minimum Gasteiger partial charge on any atom is -0.381 e. The molecule has 0 N–H and O–H groups in total. The third-order valence-corrected chi connectivity index (χ3v) is 4.64. The van der Waals surface area contributed by atoms with Crippen LogP contribution in [0.2, 0.25) is 0 Å². The van der Waals surface area contributed by atoms with Crippen LogP contribution in [0, 0.1) is 17.8 Å². The number of carbonyl (C=O) groups is 1. The van der Waals surface area contributed by atoms with Crippen LogP contribution < -0.4 is 0 Å². The number of hydrogen-bond donors (Lipinski definition) is 0. The fourth-order valence-electron chi connectivity index (χ4n) is 3.04. The topological polar surface area (TPSA) is 26.3 Å². The fraction of sp³-hybridized carbons (Fsp3) is 0.941. The molecule has 0 aromatic heterocycles. The van der Waals surface area contributed by atoms with Crippen LogP contribution in [0.1, 0.15) is 72.1 Å². The van der Waals surface area contributed by atoms with E-state index in [1.54, 1.807) is 0 Å². The van der Waals surface area contributed by atoms with E-state index in [2.05, 4.69) is 13.8 Å². The molecule has 1 saturated carbocycles. The number of Topliss-reactive ketones (excluding diaryl/α,β-unsaturated/α-hetero) is 1. The Kier molecular flexibility index (Phi) is 8.36. The highest BCUT2D eigenvalue weighted by Gasteiger charge is 2.22. The van der Waals surface area contributed by atoms with Crippen molar-refractivity contribution >= 4 is 5.78 Å². The SMILES string of the molecule is CCC(=O)CCCOCCC1CCC(C(C)C)CC1. The maximum Gasteiger partial charge on any atom is 0.132 e. The number of ether oxygens (including phenoxy) is 1. The van der Waals surface area contributed by atoms with Crippen molar-refractivity contribution in [2.45, 2.75) is 72.1 Å². The van der Waals surface area contributed by atoms with Gasteiger partial charge >= 0.3 is 0 Å². The second-order valence-electron chi connectivity index (χ2n) is 6.42. The van der Waals surface area contributed by atoms with E-state index >= 15 is 0 Å². The van der Waals surface area contributed by atoms with Crippen LogP contribution in [0.4, 0.5) is 0 Å². The average molecular weight is 268 g/mol. The second-order valence-corrected chi connectivity index (χ2v) is 6.42. The van der Waals surface area contributed by atoms with Crippen LogP contribution >= 0.6 is 0 Å². The van der Waals surface area contributed by atoms with Crippen LogP contribution in [-0.4, -0.2) is 19.0 Å². The van der Waals surface area contributed by atoms with Gasteiger partial charge in [-0.05, 0) is 43.4 Å². The summed E-state index contributed by atoms with van der Waals surface area (Å²) in [5, 5.41) is 0. The van der Waals surface area contributed by atoms with Crippen molar-refractivity contribution in [2.24, 2.45) is 17.8 Å². The molecule has 1 rings (SSSR count). The fourth-order valence-corrected chi connectivity index (χ4v) is 3.04. The van der Waals surface area contributed by atoms with Crippen molar-refractivity contribution < 1.29 is 9.53 Å². The Morgan fingerprint density at radius 1 is 1.16 bits per heavy atom. The molecule has 0 saturated heterocycles. The molecule has 0 bridgehead atoms. The molecule has 0 aliphatic heterocycles. The lowest BCUT2D eigenvalue weighted by molar-refractivity contribution is -0.119. The van der Waals surface area contributed by atoms with E-state index in [-0.39, 0.29) is 0 Å². The molecule has 0 spiro atoms. The highest BCUT2D eigenvalue weighted by Crippen LogP contribution is 2.34. The van der Waals surface area contributed by atoms with Gasteiger partial charge in [0.1, 0.15) is 5.78 Å². The Hall–Kier alpha value is -0.370. The largest absolute Gasteiger partial charge is 0.381 e. The molecule has 2 nitrogen and oxygen atoms in total. The summed E-state index contributed by atoms with van der Waals surface area (Å²) < 4.78 is 5.65. The van der Waals surface area contributed by atoms with Crippen LogP contribution in [0.3, 0.4) is 0 Å². The van der Waals surface area contributed by atoms with Crippen molar-refractivity contribution in [1.82, 2.24) is 0 Å². The van der Waals surface area contributed by atoms with E-state index < -0.39 is 0 Å². The summed E-state index contributed by atoms with van der Waals surface area (Å²) >= 11 is 0. The third kappa shape index (κ3) is 7.10. The highest BCUT2D eigenvalue weighted by molar-refractivity contribution is 5.77. The van der Waals surface area contributed by atoms with Gasteiger partial charge in [0.2, 0.25) is 0 Å². The van der Waals surface area contributed by atoms with Gasteiger partial charge in [-0.3, -0.25) is 4.79 Å². The normalized spacial score (nSPS) is 23.8. The Bertz CT molecular complexity index is 240. The predicted octanol–water partition coefficient (Wildman–Crippen LogP) is 4.61.